The Morgan fingerprint density at radius 2 is 2.35 bits per heavy atom. The lowest BCUT2D eigenvalue weighted by Gasteiger charge is -2.42. The number of nitrogens with two attached hydrogens (primary N) is 1. The molecule has 0 aliphatic heterocycles. The van der Waals surface area contributed by atoms with E-state index < -0.39 is 0 Å². The molecule has 0 spiro atoms. The fraction of sp³-hybridized carbons (Fsp3) is 0.643. The summed E-state index contributed by atoms with van der Waals surface area (Å²) in [5.74, 6) is -0.0889. The van der Waals surface area contributed by atoms with E-state index in [0.29, 0.717) is 12.3 Å². The lowest BCUT2D eigenvalue weighted by atomic mass is 9.83. The van der Waals surface area contributed by atoms with Gasteiger partial charge in [0.1, 0.15) is 5.69 Å². The Kier molecular flexibility index (Phi) is 5.23. The van der Waals surface area contributed by atoms with Gasteiger partial charge in [0.05, 0.1) is 12.1 Å². The van der Waals surface area contributed by atoms with E-state index in [1.807, 2.05) is 23.8 Å². The lowest BCUT2D eigenvalue weighted by molar-refractivity contribution is -0.0301. The molecule has 1 aromatic heterocycles. The van der Waals surface area contributed by atoms with Crippen LogP contribution in [-0.4, -0.2) is 35.3 Å². The van der Waals surface area contributed by atoms with Crippen molar-refractivity contribution in [1.29, 1.82) is 0 Å². The average molecular weight is 344 g/mol. The van der Waals surface area contributed by atoms with Gasteiger partial charge in [0.15, 0.2) is 0 Å². The Hall–Kier alpha value is -0.850. The minimum atomic E-state index is -0.0915. The van der Waals surface area contributed by atoms with Crippen LogP contribution in [0, 0.1) is 0 Å². The summed E-state index contributed by atoms with van der Waals surface area (Å²) >= 11 is 3.42. The van der Waals surface area contributed by atoms with Crippen molar-refractivity contribution in [3.05, 3.63) is 22.4 Å². The quantitative estimate of drug-likeness (QED) is 0.828. The Balaban J connectivity index is 2.04. The maximum Gasteiger partial charge on any atom is 0.268 e. The fourth-order valence-electron chi connectivity index (χ4n) is 2.54. The molecule has 1 heterocycles. The molecule has 0 radical (unpaired) electrons. The predicted octanol–water partition coefficient (Wildman–Crippen LogP) is 1.90. The number of rotatable bonds is 6. The molecule has 2 rings (SSSR count). The van der Waals surface area contributed by atoms with Gasteiger partial charge in [0.25, 0.3) is 5.91 Å². The van der Waals surface area contributed by atoms with Crippen molar-refractivity contribution in [3.63, 3.8) is 0 Å². The Morgan fingerprint density at radius 1 is 1.60 bits per heavy atom. The van der Waals surface area contributed by atoms with E-state index in [4.69, 9.17) is 10.5 Å². The molecule has 1 aliphatic carbocycles. The number of hydrogen-bond donors (Lipinski definition) is 2. The third kappa shape index (κ3) is 3.24. The van der Waals surface area contributed by atoms with E-state index in [1.54, 1.807) is 0 Å². The highest BCUT2D eigenvalue weighted by atomic mass is 79.9. The molecule has 3 N–H and O–H groups in total. The molecule has 1 aliphatic rings. The molecule has 1 fully saturated rings. The number of nitrogens with zero attached hydrogens (tertiary/aromatic N) is 1. The first-order chi connectivity index (χ1) is 9.56. The topological polar surface area (TPSA) is 69.3 Å². The molecule has 1 saturated carbocycles. The Bertz CT molecular complexity index is 473. The van der Waals surface area contributed by atoms with Gasteiger partial charge in [-0.2, -0.15) is 0 Å². The van der Waals surface area contributed by atoms with Crippen molar-refractivity contribution in [2.24, 2.45) is 5.73 Å². The number of halogens is 1. The van der Waals surface area contributed by atoms with Crippen LogP contribution in [0.2, 0.25) is 0 Å². The second-order valence-electron chi connectivity index (χ2n) is 5.13. The molecule has 112 valence electrons. The van der Waals surface area contributed by atoms with E-state index >= 15 is 0 Å². The van der Waals surface area contributed by atoms with Gasteiger partial charge in [-0.3, -0.25) is 4.79 Å². The minimum absolute atomic E-state index is 0.0199. The second kappa shape index (κ2) is 6.74. The Labute approximate surface area is 128 Å². The first-order valence-corrected chi connectivity index (χ1v) is 7.89. The highest BCUT2D eigenvalue weighted by molar-refractivity contribution is 9.10. The van der Waals surface area contributed by atoms with Gasteiger partial charge in [0, 0.05) is 29.9 Å². The zero-order valence-electron chi connectivity index (χ0n) is 11.9. The highest BCUT2D eigenvalue weighted by Gasteiger charge is 2.40. The molecule has 20 heavy (non-hydrogen) atoms. The van der Waals surface area contributed by atoms with Gasteiger partial charge in [-0.25, -0.2) is 0 Å². The van der Waals surface area contributed by atoms with E-state index in [0.717, 1.165) is 23.9 Å². The number of hydrogen-bond acceptors (Lipinski definition) is 3. The van der Waals surface area contributed by atoms with Crippen LogP contribution in [0.5, 0.6) is 0 Å². The van der Waals surface area contributed by atoms with Gasteiger partial charge < -0.3 is 20.4 Å². The van der Waals surface area contributed by atoms with Gasteiger partial charge in [-0.15, -0.1) is 0 Å². The summed E-state index contributed by atoms with van der Waals surface area (Å²) in [4.78, 5) is 12.4. The standard InChI is InChI=1S/C14H22BrN3O2/c1-3-5-18-8-9(15)6-11(18)14(19)17-13-10(16)7-12(13)20-4-2/h6,8,10,12-13H,3-5,7,16H2,1-2H3,(H,17,19). The fourth-order valence-corrected chi connectivity index (χ4v) is 3.01. The van der Waals surface area contributed by atoms with Crippen molar-refractivity contribution in [2.75, 3.05) is 6.61 Å². The number of aromatic nitrogens is 1. The molecule has 0 saturated heterocycles. The van der Waals surface area contributed by atoms with Gasteiger partial charge in [-0.05, 0) is 41.8 Å². The second-order valence-corrected chi connectivity index (χ2v) is 6.05. The van der Waals surface area contributed by atoms with E-state index in [-0.39, 0.29) is 24.1 Å². The Morgan fingerprint density at radius 3 is 2.95 bits per heavy atom. The summed E-state index contributed by atoms with van der Waals surface area (Å²) in [6.45, 7) is 5.50. The lowest BCUT2D eigenvalue weighted by Crippen LogP contribution is -2.64. The number of carbonyl (C=O) groups excluding carboxylic acids is 1. The number of ether oxygens (including phenoxy) is 1. The zero-order chi connectivity index (χ0) is 14.7. The maximum absolute atomic E-state index is 12.4. The van der Waals surface area contributed by atoms with Crippen molar-refractivity contribution in [3.8, 4) is 0 Å². The molecule has 1 amide bonds. The number of nitrogens with one attached hydrogen (secondary N) is 1. The number of amides is 1. The molecule has 1 aromatic rings. The summed E-state index contributed by atoms with van der Waals surface area (Å²) < 4.78 is 8.44. The van der Waals surface area contributed by atoms with Crippen LogP contribution >= 0.6 is 15.9 Å². The molecule has 3 unspecified atom stereocenters. The van der Waals surface area contributed by atoms with Gasteiger partial charge >= 0.3 is 0 Å². The van der Waals surface area contributed by atoms with Crippen LogP contribution in [0.4, 0.5) is 0 Å². The average Bonchev–Trinajstić information content (AvgIpc) is 2.77. The molecular weight excluding hydrogens is 322 g/mol. The first kappa shape index (κ1) is 15.5. The smallest absolute Gasteiger partial charge is 0.268 e. The van der Waals surface area contributed by atoms with Crippen molar-refractivity contribution < 1.29 is 9.53 Å². The summed E-state index contributed by atoms with van der Waals surface area (Å²) in [5, 5.41) is 3.00. The van der Waals surface area contributed by atoms with Crippen molar-refractivity contribution in [2.45, 2.75) is 51.4 Å². The maximum atomic E-state index is 12.4. The molecule has 6 heteroatoms. The molecule has 0 aromatic carbocycles. The van der Waals surface area contributed by atoms with E-state index in [1.165, 1.54) is 0 Å². The third-order valence-electron chi connectivity index (χ3n) is 3.61. The number of carbonyl (C=O) groups is 1. The van der Waals surface area contributed by atoms with Crippen molar-refractivity contribution in [1.82, 2.24) is 9.88 Å². The monoisotopic (exact) mass is 343 g/mol. The van der Waals surface area contributed by atoms with Crippen LogP contribution in [0.3, 0.4) is 0 Å². The highest BCUT2D eigenvalue weighted by Crippen LogP contribution is 2.23. The van der Waals surface area contributed by atoms with E-state index in [2.05, 4.69) is 28.2 Å². The van der Waals surface area contributed by atoms with E-state index in [9.17, 15) is 4.79 Å². The van der Waals surface area contributed by atoms with Gasteiger partial charge in [0.2, 0.25) is 0 Å². The molecule has 0 bridgehead atoms. The minimum Gasteiger partial charge on any atom is -0.376 e. The molecule has 3 atom stereocenters. The van der Waals surface area contributed by atoms with Crippen molar-refractivity contribution >= 4 is 21.8 Å². The van der Waals surface area contributed by atoms with Crippen LogP contribution < -0.4 is 11.1 Å². The van der Waals surface area contributed by atoms with Crippen LogP contribution in [0.25, 0.3) is 0 Å². The first-order valence-electron chi connectivity index (χ1n) is 7.10. The summed E-state index contributed by atoms with van der Waals surface area (Å²) in [7, 11) is 0. The van der Waals surface area contributed by atoms with Gasteiger partial charge in [-0.1, -0.05) is 6.92 Å². The summed E-state index contributed by atoms with van der Waals surface area (Å²) in [6.07, 6.45) is 3.75. The zero-order valence-corrected chi connectivity index (χ0v) is 13.5. The van der Waals surface area contributed by atoms with Crippen LogP contribution in [0.15, 0.2) is 16.7 Å². The van der Waals surface area contributed by atoms with Crippen LogP contribution in [0.1, 0.15) is 37.2 Å². The third-order valence-corrected chi connectivity index (χ3v) is 4.04. The largest absolute Gasteiger partial charge is 0.376 e. The summed E-state index contributed by atoms with van der Waals surface area (Å²) in [6, 6.07) is 1.73. The SMILES string of the molecule is CCCn1cc(Br)cc1C(=O)NC1C(N)CC1OCC. The molecular formula is C14H22BrN3O2. The number of aryl methyl sites for hydroxylation is 1. The molecule has 5 nitrogen and oxygen atoms in total. The normalized spacial score (nSPS) is 25.3. The van der Waals surface area contributed by atoms with Crippen LogP contribution in [-0.2, 0) is 11.3 Å². The predicted molar refractivity (Wildman–Crippen MR) is 81.7 cm³/mol. The summed E-state index contributed by atoms with van der Waals surface area (Å²) in [5.41, 5.74) is 6.62.